The van der Waals surface area contributed by atoms with E-state index in [1.165, 1.54) is 11.1 Å². The second kappa shape index (κ2) is 10.2. The molecule has 2 atom stereocenters. The maximum absolute atomic E-state index is 6.93. The van der Waals surface area contributed by atoms with Gasteiger partial charge in [-0.2, -0.15) is 0 Å². The van der Waals surface area contributed by atoms with Gasteiger partial charge in [-0.3, -0.25) is 0 Å². The zero-order chi connectivity index (χ0) is 25.1. The van der Waals surface area contributed by atoms with Crippen LogP contribution in [0.2, 0.25) is 0 Å². The maximum atomic E-state index is 6.93. The molecule has 1 fully saturated rings. The van der Waals surface area contributed by atoms with Crippen molar-refractivity contribution in [2.24, 2.45) is 0 Å². The molecule has 2 aliphatic rings. The molecule has 2 nitrogen and oxygen atoms in total. The van der Waals surface area contributed by atoms with Gasteiger partial charge in [0.2, 0.25) is 8.38 Å². The molecule has 0 N–H and O–H groups in total. The molecule has 6 rings (SSSR count). The van der Waals surface area contributed by atoms with Gasteiger partial charge >= 0.3 is 0 Å². The molecule has 0 saturated carbocycles. The van der Waals surface area contributed by atoms with Crippen LogP contribution in [-0.4, -0.2) is 12.3 Å². The van der Waals surface area contributed by atoms with Gasteiger partial charge < -0.3 is 9.05 Å². The fraction of sp³-hybridized carbons (Fsp3) is 0.118. The van der Waals surface area contributed by atoms with Crippen LogP contribution in [0.15, 0.2) is 139 Å². The normalized spacial score (nSPS) is 19.5. The Kier molecular flexibility index (Phi) is 6.50. The summed E-state index contributed by atoms with van der Waals surface area (Å²) in [5, 5.41) is 0. The third kappa shape index (κ3) is 4.42. The summed E-state index contributed by atoms with van der Waals surface area (Å²) >= 11 is 0. The average molecular weight is 499 g/mol. The Balaban J connectivity index is 1.44. The van der Waals surface area contributed by atoms with E-state index in [0.29, 0.717) is 0 Å². The van der Waals surface area contributed by atoms with Crippen molar-refractivity contribution in [2.45, 2.75) is 18.4 Å². The van der Waals surface area contributed by atoms with E-state index in [-0.39, 0.29) is 11.5 Å². The molecule has 1 saturated heterocycles. The fourth-order valence-electron chi connectivity index (χ4n) is 5.30. The number of hydrogen-bond acceptors (Lipinski definition) is 2. The van der Waals surface area contributed by atoms with Crippen LogP contribution in [0.25, 0.3) is 16.7 Å². The second-order valence-corrected chi connectivity index (χ2v) is 10.7. The van der Waals surface area contributed by atoms with Crippen molar-refractivity contribution in [1.29, 1.82) is 0 Å². The molecular formula is C34H27O2P. The lowest BCUT2D eigenvalue weighted by Crippen LogP contribution is -2.37. The molecule has 3 heteroatoms. The van der Waals surface area contributed by atoms with Crippen molar-refractivity contribution < 1.29 is 9.05 Å². The minimum atomic E-state index is -1.23. The zero-order valence-electron chi connectivity index (χ0n) is 20.7. The highest BCUT2D eigenvalue weighted by Crippen LogP contribution is 2.59. The molecule has 37 heavy (non-hydrogen) atoms. The highest BCUT2D eigenvalue weighted by Gasteiger charge is 2.50. The topological polar surface area (TPSA) is 18.5 Å². The predicted octanol–water partition coefficient (Wildman–Crippen LogP) is 8.71. The summed E-state index contributed by atoms with van der Waals surface area (Å²) < 4.78 is 13.6. The van der Waals surface area contributed by atoms with Crippen molar-refractivity contribution in [3.8, 4) is 16.9 Å². The van der Waals surface area contributed by atoms with Gasteiger partial charge in [0, 0.05) is 17.3 Å². The Hall–Kier alpha value is -3.89. The molecule has 0 spiro atoms. The molecule has 4 aromatic carbocycles. The van der Waals surface area contributed by atoms with Gasteiger partial charge in [0.05, 0.1) is 11.5 Å². The van der Waals surface area contributed by atoms with E-state index in [1.54, 1.807) is 0 Å². The monoisotopic (exact) mass is 498 g/mol. The second-order valence-electron chi connectivity index (χ2n) is 9.30. The van der Waals surface area contributed by atoms with Gasteiger partial charge in [0.1, 0.15) is 5.75 Å². The molecule has 1 aliphatic carbocycles. The third-order valence-electron chi connectivity index (χ3n) is 7.19. The van der Waals surface area contributed by atoms with Crippen molar-refractivity contribution in [3.63, 3.8) is 0 Å². The molecule has 0 amide bonds. The first kappa shape index (κ1) is 23.5. The minimum absolute atomic E-state index is 0.0459. The standard InChI is InChI=1S/C34H27O2P/c1-26-34(29-19-10-4-11-20-29,30-21-12-5-13-22-30)25-37(35-26)36-33-31(27-15-6-2-7-16-27)23-14-24-32(33)28-17-8-3-9-18-28/h2,4-8,10-24,26H,25H2,1H3. The van der Waals surface area contributed by atoms with Crippen LogP contribution in [0.3, 0.4) is 0 Å². The maximum Gasteiger partial charge on any atom is 0.231 e. The highest BCUT2D eigenvalue weighted by molar-refractivity contribution is 7.48. The fourth-order valence-corrected chi connectivity index (χ4v) is 7.45. The molecule has 2 unspecified atom stereocenters. The van der Waals surface area contributed by atoms with Crippen LogP contribution < -0.4 is 4.52 Å². The predicted molar refractivity (Wildman–Crippen MR) is 153 cm³/mol. The van der Waals surface area contributed by atoms with Gasteiger partial charge in [-0.1, -0.05) is 121 Å². The van der Waals surface area contributed by atoms with Gasteiger partial charge in [-0.15, -0.1) is 0 Å². The summed E-state index contributed by atoms with van der Waals surface area (Å²) in [5.74, 6) is 0.850. The summed E-state index contributed by atoms with van der Waals surface area (Å²) in [4.78, 5) is 0. The molecule has 0 aromatic heterocycles. The first-order chi connectivity index (χ1) is 18.3. The van der Waals surface area contributed by atoms with Crippen molar-refractivity contribution >= 4 is 13.9 Å². The van der Waals surface area contributed by atoms with E-state index in [0.717, 1.165) is 34.2 Å². The molecule has 1 aliphatic heterocycles. The van der Waals surface area contributed by atoms with Gasteiger partial charge in [0.25, 0.3) is 0 Å². The largest absolute Gasteiger partial charge is 0.446 e. The lowest BCUT2D eigenvalue weighted by molar-refractivity contribution is 0.200. The van der Waals surface area contributed by atoms with Crippen molar-refractivity contribution in [2.75, 3.05) is 6.16 Å². The minimum Gasteiger partial charge on any atom is -0.446 e. The van der Waals surface area contributed by atoms with Crippen LogP contribution in [0.4, 0.5) is 0 Å². The first-order valence-electron chi connectivity index (χ1n) is 12.6. The molecular weight excluding hydrogens is 471 g/mol. The average Bonchev–Trinajstić information content (AvgIpc) is 3.31. The van der Waals surface area contributed by atoms with Crippen molar-refractivity contribution in [3.05, 3.63) is 156 Å². The van der Waals surface area contributed by atoms with Crippen molar-refractivity contribution in [1.82, 2.24) is 0 Å². The van der Waals surface area contributed by atoms with E-state index in [2.05, 4.69) is 128 Å². The smallest absolute Gasteiger partial charge is 0.231 e. The van der Waals surface area contributed by atoms with Crippen LogP contribution in [0, 0.1) is 0 Å². The number of hydrogen-bond donors (Lipinski definition) is 0. The Morgan fingerprint density at radius 2 is 1.38 bits per heavy atom. The molecule has 1 heterocycles. The highest BCUT2D eigenvalue weighted by atomic mass is 31.2. The Morgan fingerprint density at radius 1 is 0.757 bits per heavy atom. The van der Waals surface area contributed by atoms with Gasteiger partial charge in [-0.25, -0.2) is 0 Å². The van der Waals surface area contributed by atoms with E-state index >= 15 is 0 Å². The Labute approximate surface area is 219 Å². The molecule has 0 radical (unpaired) electrons. The Bertz CT molecular complexity index is 1490. The summed E-state index contributed by atoms with van der Waals surface area (Å²) in [6.45, 7) is 2.18. The Morgan fingerprint density at radius 3 is 2.00 bits per heavy atom. The first-order valence-corrected chi connectivity index (χ1v) is 13.9. The summed E-state index contributed by atoms with van der Waals surface area (Å²) in [6.07, 6.45) is 6.63. The van der Waals surface area contributed by atoms with E-state index in [4.69, 9.17) is 9.05 Å². The molecule has 0 bridgehead atoms. The number of para-hydroxylation sites is 1. The third-order valence-corrected chi connectivity index (χ3v) is 8.88. The molecule has 4 aromatic rings. The number of rotatable bonds is 6. The van der Waals surface area contributed by atoms with Crippen LogP contribution in [-0.2, 0) is 9.94 Å². The SMILES string of the molecule is CC1OP(Oc2c(C3=CC=C=C=C3)cccc2-c2ccccc2)CC1(c1ccccc1)c1ccccc1. The van der Waals surface area contributed by atoms with Crippen LogP contribution in [0.1, 0.15) is 23.6 Å². The quantitative estimate of drug-likeness (QED) is 0.195. The van der Waals surface area contributed by atoms with E-state index < -0.39 is 8.38 Å². The summed E-state index contributed by atoms with van der Waals surface area (Å²) in [6, 6.07) is 38.2. The van der Waals surface area contributed by atoms with Crippen LogP contribution in [0.5, 0.6) is 5.75 Å². The lowest BCUT2D eigenvalue weighted by Gasteiger charge is -2.32. The number of benzene rings is 4. The van der Waals surface area contributed by atoms with Gasteiger partial charge in [-0.05, 0) is 47.4 Å². The summed E-state index contributed by atoms with van der Waals surface area (Å²) in [5.41, 5.74) is 12.6. The number of allylic oxidation sites excluding steroid dienone is 4. The lowest BCUT2D eigenvalue weighted by atomic mass is 9.72. The van der Waals surface area contributed by atoms with Gasteiger partial charge in [0.15, 0.2) is 0 Å². The molecule has 180 valence electrons. The van der Waals surface area contributed by atoms with E-state index in [1.807, 2.05) is 18.2 Å². The van der Waals surface area contributed by atoms with Crippen LogP contribution >= 0.6 is 8.38 Å². The zero-order valence-corrected chi connectivity index (χ0v) is 21.6. The summed E-state index contributed by atoms with van der Waals surface area (Å²) in [7, 11) is -1.23. The van der Waals surface area contributed by atoms with E-state index in [9.17, 15) is 0 Å².